The third-order valence-electron chi connectivity index (χ3n) is 23.6. The van der Waals surface area contributed by atoms with Gasteiger partial charge in [-0.15, -0.1) is 6.58 Å². The highest BCUT2D eigenvalue weighted by Gasteiger charge is 2.56. The molecule has 0 aromatic carbocycles. The molecule has 2 bridgehead atoms. The Hall–Kier alpha value is -7.48. The molecular formula is C74H112F8N12O13. The molecule has 3 heterocycles. The molecule has 4 saturated carbocycles. The smallest absolute Gasteiger partial charge is 0.377 e. The summed E-state index contributed by atoms with van der Waals surface area (Å²) in [6, 6.07) is -11.6. The Morgan fingerprint density at radius 1 is 0.673 bits per heavy atom. The van der Waals surface area contributed by atoms with Crippen molar-refractivity contribution in [3.63, 3.8) is 0 Å². The van der Waals surface area contributed by atoms with Crippen molar-refractivity contribution in [2.24, 2.45) is 35.5 Å². The number of likely N-dealkylation sites (N-methyl/N-ethyl adjacent to an activating group) is 7. The van der Waals surface area contributed by atoms with Crippen LogP contribution in [0.15, 0.2) is 24.8 Å². The maximum absolute atomic E-state index is 15.5. The van der Waals surface area contributed by atoms with Crippen LogP contribution >= 0.6 is 0 Å². The number of nitrogens with one attached hydrogen (secondary N) is 3. The molecule has 3 aliphatic heterocycles. The number of ether oxygens (including phenoxy) is 1. The molecule has 107 heavy (non-hydrogen) atoms. The molecule has 12 atom stereocenters. The second-order valence-electron chi connectivity index (χ2n) is 31.0. The molecule has 6 fully saturated rings. The average molecular weight is 1530 g/mol. The zero-order valence-electron chi connectivity index (χ0n) is 63.7. The second-order valence-corrected chi connectivity index (χ2v) is 31.0. The highest BCUT2D eigenvalue weighted by molar-refractivity contribution is 6.01. The van der Waals surface area contributed by atoms with Gasteiger partial charge < -0.3 is 64.8 Å². The summed E-state index contributed by atoms with van der Waals surface area (Å²) in [6.07, 6.45) is -12.2. The van der Waals surface area contributed by atoms with Crippen molar-refractivity contribution in [3.8, 4) is 0 Å². The van der Waals surface area contributed by atoms with Gasteiger partial charge in [0.1, 0.15) is 72.1 Å². The van der Waals surface area contributed by atoms with Crippen LogP contribution in [0.3, 0.4) is 0 Å². The van der Waals surface area contributed by atoms with E-state index in [2.05, 4.69) is 22.5 Å². The fraction of sp³-hybridized carbons (Fsp3) is 0.784. The van der Waals surface area contributed by atoms with Crippen molar-refractivity contribution in [2.75, 3.05) is 89.2 Å². The van der Waals surface area contributed by atoms with Crippen LogP contribution in [0.4, 0.5) is 35.1 Å². The number of hydrogen-bond donors (Lipinski definition) is 3. The number of nitrogens with zero attached hydrogens (tertiary/aromatic N) is 9. The number of hydrogen-bond acceptors (Lipinski definition) is 13. The molecule has 0 aromatic rings. The predicted molar refractivity (Wildman–Crippen MR) is 376 cm³/mol. The monoisotopic (exact) mass is 1530 g/mol. The van der Waals surface area contributed by atoms with Crippen molar-refractivity contribution in [2.45, 2.75) is 247 Å². The van der Waals surface area contributed by atoms with Crippen molar-refractivity contribution in [1.29, 1.82) is 0 Å². The number of carbonyl (C=O) groups is 12. The van der Waals surface area contributed by atoms with E-state index >= 15 is 37.5 Å². The second kappa shape index (κ2) is 37.3. The van der Waals surface area contributed by atoms with Gasteiger partial charge in [0.2, 0.25) is 70.9 Å². The highest BCUT2D eigenvalue weighted by Crippen LogP contribution is 2.46. The molecule has 7 aliphatic rings. The lowest BCUT2D eigenvalue weighted by atomic mass is 9.74. The van der Waals surface area contributed by atoms with Gasteiger partial charge in [0.15, 0.2) is 0 Å². The standard InChI is InChI=1S/C74H112F8N12O13/c1-13-22-52-63(98)84-61(43(4)14-2)69(104)88(8)42-59(97)90(10)53-25-17-16-20-34-93(68(53)103)56(37-44-26-29-47(30-27-44)73(77,78)79)67(102)87(7)41-57(95)83-51(31-28-45-35-49(75)60(50(76)36-45)74(80,81)82)65(100)94-40-48(107-15-3)38-54(94)64(99)85-72(32-21-33-72)71(106)92(12)62(46-23-18-19-24-46)70(105)91(11)55(66(101)86(5)6)39-58(96)89(52)9/h13,16-17,43-56,60-62H,1,14-15,18-42H2,2-12H3,(H,83,95)(H,84,98)(H,85,99)/b17-16-/t43-,44?,45?,47?,48+,49?,50?,51-,52-,53-,54-,55-,56-,60?,61-,62-/m0/s1. The molecule has 2 unspecified atom stereocenters. The average Bonchev–Trinajstić information content (AvgIpc) is 1.66. The summed E-state index contributed by atoms with van der Waals surface area (Å²) < 4.78 is 121. The van der Waals surface area contributed by atoms with Crippen LogP contribution < -0.4 is 16.0 Å². The van der Waals surface area contributed by atoms with Gasteiger partial charge in [-0.2, -0.15) is 26.3 Å². The number of carbonyl (C=O) groups excluding carboxylic acids is 12. The van der Waals surface area contributed by atoms with Gasteiger partial charge in [0, 0.05) is 82.5 Å². The van der Waals surface area contributed by atoms with E-state index < -0.39 is 230 Å². The van der Waals surface area contributed by atoms with Crippen molar-refractivity contribution in [3.05, 3.63) is 24.8 Å². The number of halogens is 8. The van der Waals surface area contributed by atoms with E-state index in [-0.39, 0.29) is 96.7 Å². The highest BCUT2D eigenvalue weighted by atomic mass is 19.4. The quantitative estimate of drug-likeness (QED) is 0.144. The summed E-state index contributed by atoms with van der Waals surface area (Å²) in [5.41, 5.74) is -1.70. The Kier molecular flexibility index (Phi) is 30.2. The first kappa shape index (κ1) is 86.8. The normalized spacial score (nSPS) is 32.1. The first-order valence-corrected chi connectivity index (χ1v) is 37.8. The minimum Gasteiger partial charge on any atom is -0.377 e. The Morgan fingerprint density at radius 3 is 1.86 bits per heavy atom. The molecule has 1 spiro atoms. The molecule has 602 valence electrons. The lowest BCUT2D eigenvalue weighted by molar-refractivity contribution is -0.219. The van der Waals surface area contributed by atoms with E-state index in [1.54, 1.807) is 32.9 Å². The Labute approximate surface area is 622 Å². The van der Waals surface area contributed by atoms with E-state index in [1.807, 2.05) is 0 Å². The molecule has 0 radical (unpaired) electrons. The van der Waals surface area contributed by atoms with Crippen LogP contribution in [0.25, 0.3) is 0 Å². The maximum Gasteiger partial charge on any atom is 0.397 e. The number of amides is 12. The lowest BCUT2D eigenvalue weighted by Crippen LogP contribution is -2.68. The van der Waals surface area contributed by atoms with Crippen LogP contribution in [-0.2, 0) is 62.3 Å². The lowest BCUT2D eigenvalue weighted by Gasteiger charge is -2.46. The first-order valence-electron chi connectivity index (χ1n) is 37.8. The maximum atomic E-state index is 15.5. The summed E-state index contributed by atoms with van der Waals surface area (Å²) in [7, 11) is 10.7. The molecule has 12 amide bonds. The third-order valence-corrected chi connectivity index (χ3v) is 23.6. The third kappa shape index (κ3) is 20.9. The summed E-state index contributed by atoms with van der Waals surface area (Å²) in [4.78, 5) is 190. The zero-order chi connectivity index (χ0) is 79.5. The van der Waals surface area contributed by atoms with Crippen LogP contribution in [0, 0.1) is 35.5 Å². The molecule has 7 rings (SSSR count). The SMILES string of the molecule is C=CC[C@H]1C(=O)N[C@@H]([C@@H](C)CC)C(=O)N(C)CC(=O)N(C)[C@H]2C/C=C\CCN(C2=O)[C@@H](CC2CCC(C(F)(F)F)CC2)C(=O)N(C)CC(=O)N[C@@H](CCC2CC(F)C(C(F)(F)F)C(F)C2)C(=O)N2C[C@H](OCC)C[C@H]2C(=O)NC2(CCC2)C(=O)N(C)[C@@H](C2CCCC2)C(=O)N(C)[C@H](C(=O)N(C)C)CC(=O)N1C. The Balaban J connectivity index is 1.32. The van der Waals surface area contributed by atoms with Crippen LogP contribution in [-0.4, -0.2) is 289 Å². The topological polar surface area (TPSA) is 279 Å². The van der Waals surface area contributed by atoms with E-state index in [9.17, 15) is 55.1 Å². The van der Waals surface area contributed by atoms with Gasteiger partial charge in [0.25, 0.3) is 0 Å². The molecule has 3 N–H and O–H groups in total. The van der Waals surface area contributed by atoms with Gasteiger partial charge in [-0.3, -0.25) is 57.5 Å². The van der Waals surface area contributed by atoms with Crippen LogP contribution in [0.2, 0.25) is 0 Å². The number of alkyl halides is 8. The molecule has 2 saturated heterocycles. The summed E-state index contributed by atoms with van der Waals surface area (Å²) >= 11 is 0. The Morgan fingerprint density at radius 2 is 1.30 bits per heavy atom. The molecule has 4 aliphatic carbocycles. The van der Waals surface area contributed by atoms with Gasteiger partial charge in [-0.25, -0.2) is 8.78 Å². The van der Waals surface area contributed by atoms with Gasteiger partial charge in [-0.1, -0.05) is 51.3 Å². The summed E-state index contributed by atoms with van der Waals surface area (Å²) in [5.74, 6) is -17.1. The number of rotatable bonds is 13. The van der Waals surface area contributed by atoms with Crippen LogP contribution in [0.5, 0.6) is 0 Å². The number of fused-ring (bicyclic) bond motifs is 3. The van der Waals surface area contributed by atoms with Crippen molar-refractivity contribution >= 4 is 70.9 Å². The van der Waals surface area contributed by atoms with Gasteiger partial charge >= 0.3 is 12.4 Å². The van der Waals surface area contributed by atoms with E-state index in [0.717, 1.165) is 29.4 Å². The first-order chi connectivity index (χ1) is 50.2. The molecule has 0 aromatic heterocycles. The zero-order valence-corrected chi connectivity index (χ0v) is 63.7. The van der Waals surface area contributed by atoms with Crippen molar-refractivity contribution < 1.29 is 97.4 Å². The van der Waals surface area contributed by atoms with E-state index in [0.29, 0.717) is 38.5 Å². The predicted octanol–water partition coefficient (Wildman–Crippen LogP) is 5.88. The summed E-state index contributed by atoms with van der Waals surface area (Å²) in [6.45, 7) is 6.97. The minimum atomic E-state index is -5.22. The van der Waals surface area contributed by atoms with E-state index in [4.69, 9.17) is 4.74 Å². The minimum absolute atomic E-state index is 0.00852. The largest absolute Gasteiger partial charge is 0.397 e. The molecule has 33 heteroatoms. The van der Waals surface area contributed by atoms with Gasteiger partial charge in [0.05, 0.1) is 31.5 Å². The molecule has 25 nitrogen and oxygen atoms in total. The van der Waals surface area contributed by atoms with Crippen LogP contribution in [0.1, 0.15) is 162 Å². The molecular weight excluding hydrogens is 1420 g/mol. The van der Waals surface area contributed by atoms with Crippen molar-refractivity contribution in [1.82, 2.24) is 60.0 Å². The fourth-order valence-corrected chi connectivity index (χ4v) is 16.7. The van der Waals surface area contributed by atoms with Gasteiger partial charge in [-0.05, 0) is 140 Å². The Bertz CT molecular complexity index is 3220. The fourth-order valence-electron chi connectivity index (χ4n) is 16.7. The van der Waals surface area contributed by atoms with E-state index in [1.165, 1.54) is 77.2 Å². The summed E-state index contributed by atoms with van der Waals surface area (Å²) in [5, 5.41) is 8.32.